The van der Waals surface area contributed by atoms with Gasteiger partial charge in [0.05, 0.1) is 26.5 Å². The van der Waals surface area contributed by atoms with E-state index in [1.807, 2.05) is 0 Å². The van der Waals surface area contributed by atoms with Gasteiger partial charge in [-0.3, -0.25) is 29.9 Å². The van der Waals surface area contributed by atoms with E-state index in [1.54, 1.807) is 48.5 Å². The number of non-ortho nitro benzene ring substituents is 1. The summed E-state index contributed by atoms with van der Waals surface area (Å²) in [6, 6.07) is 14.8. The number of amides is 1. The fourth-order valence-corrected chi connectivity index (χ4v) is 4.81. The van der Waals surface area contributed by atoms with Crippen LogP contribution in [0.2, 0.25) is 0 Å². The van der Waals surface area contributed by atoms with Gasteiger partial charge >= 0.3 is 5.69 Å². The van der Waals surface area contributed by atoms with Crippen molar-refractivity contribution in [3.8, 4) is 23.0 Å². The molecule has 2 aliphatic rings. The van der Waals surface area contributed by atoms with Crippen molar-refractivity contribution >= 4 is 57.3 Å². The minimum atomic E-state index is -0.756. The van der Waals surface area contributed by atoms with Gasteiger partial charge < -0.3 is 14.2 Å². The van der Waals surface area contributed by atoms with Crippen molar-refractivity contribution in [1.82, 2.24) is 0 Å². The molecule has 0 bridgehead atoms. The maximum Gasteiger partial charge on any atom is 0.318 e. The molecule has 0 aliphatic carbocycles. The van der Waals surface area contributed by atoms with Crippen LogP contribution in [0, 0.1) is 20.2 Å². The van der Waals surface area contributed by atoms with Gasteiger partial charge in [0.1, 0.15) is 5.75 Å². The predicted molar refractivity (Wildman–Crippen MR) is 134 cm³/mol. The van der Waals surface area contributed by atoms with Crippen molar-refractivity contribution in [2.24, 2.45) is 0 Å². The summed E-state index contributed by atoms with van der Waals surface area (Å²) in [6.45, 7) is 0.110. The van der Waals surface area contributed by atoms with Gasteiger partial charge in [0.25, 0.3) is 11.6 Å². The maximum absolute atomic E-state index is 13.1. The molecule has 2 heterocycles. The summed E-state index contributed by atoms with van der Waals surface area (Å²) in [5.74, 6) is 0.880. The van der Waals surface area contributed by atoms with Gasteiger partial charge in [-0.25, -0.2) is 0 Å². The average molecular weight is 524 g/mol. The van der Waals surface area contributed by atoms with Crippen molar-refractivity contribution in [1.29, 1.82) is 0 Å². The van der Waals surface area contributed by atoms with Gasteiger partial charge in [-0.15, -0.1) is 0 Å². The van der Waals surface area contributed by atoms with E-state index in [4.69, 9.17) is 26.4 Å². The Morgan fingerprint density at radius 2 is 1.81 bits per heavy atom. The molecule has 5 rings (SSSR count). The number of nitrogens with zero attached hydrogens (tertiary/aromatic N) is 3. The van der Waals surface area contributed by atoms with Crippen LogP contribution in [0.3, 0.4) is 0 Å². The molecule has 2 aliphatic heterocycles. The van der Waals surface area contributed by atoms with Gasteiger partial charge in [0, 0.05) is 12.1 Å². The number of hydrogen-bond donors (Lipinski definition) is 0. The SMILES string of the molecule is O=C1/C(=C\c2cccc(Oc3ccc([N+](=O)[O-])cc3[N+](=O)[O-])c2)SC(=S)N1c1ccc2c(c1)OCO2. The topological polar surface area (TPSA) is 134 Å². The largest absolute Gasteiger partial charge is 0.454 e. The summed E-state index contributed by atoms with van der Waals surface area (Å²) in [5.41, 5.74) is 0.169. The molecule has 1 fully saturated rings. The monoisotopic (exact) mass is 523 g/mol. The lowest BCUT2D eigenvalue weighted by Crippen LogP contribution is -2.27. The van der Waals surface area contributed by atoms with Crippen LogP contribution in [-0.4, -0.2) is 26.9 Å². The zero-order valence-electron chi connectivity index (χ0n) is 18.0. The summed E-state index contributed by atoms with van der Waals surface area (Å²) >= 11 is 6.55. The van der Waals surface area contributed by atoms with E-state index in [0.717, 1.165) is 23.9 Å². The van der Waals surface area contributed by atoms with Crippen LogP contribution < -0.4 is 19.1 Å². The van der Waals surface area contributed by atoms with Gasteiger partial charge in [0.15, 0.2) is 15.8 Å². The third kappa shape index (κ3) is 4.44. The molecular weight excluding hydrogens is 510 g/mol. The molecule has 0 atom stereocenters. The number of nitro benzene ring substituents is 2. The van der Waals surface area contributed by atoms with E-state index in [1.165, 1.54) is 11.0 Å². The number of carbonyl (C=O) groups is 1. The normalized spacial score (nSPS) is 15.4. The Kier molecular flexibility index (Phi) is 6.00. The number of thioether (sulfide) groups is 1. The zero-order valence-corrected chi connectivity index (χ0v) is 19.6. The summed E-state index contributed by atoms with van der Waals surface area (Å²) < 4.78 is 16.7. The smallest absolute Gasteiger partial charge is 0.318 e. The Morgan fingerprint density at radius 3 is 2.58 bits per heavy atom. The summed E-state index contributed by atoms with van der Waals surface area (Å²) in [5, 5.41) is 22.3. The second-order valence-corrected chi connectivity index (χ2v) is 9.07. The third-order valence-electron chi connectivity index (χ3n) is 5.14. The van der Waals surface area contributed by atoms with Crippen molar-refractivity contribution in [2.45, 2.75) is 0 Å². The van der Waals surface area contributed by atoms with E-state index in [-0.39, 0.29) is 24.2 Å². The van der Waals surface area contributed by atoms with Crippen LogP contribution in [0.25, 0.3) is 6.08 Å². The molecule has 0 N–H and O–H groups in total. The standard InChI is InChI=1S/C23H13N3O8S2/c27-22-21(36-23(35)24(22)14-4-7-19-20(11-14)33-12-32-19)9-13-2-1-3-16(8-13)34-18-6-5-15(25(28)29)10-17(18)26(30)31/h1-11H,12H2/b21-9+. The number of fused-ring (bicyclic) bond motifs is 1. The number of benzene rings is 3. The third-order valence-corrected chi connectivity index (χ3v) is 6.44. The first-order chi connectivity index (χ1) is 17.3. The molecule has 0 unspecified atom stereocenters. The van der Waals surface area contributed by atoms with Crippen molar-refractivity contribution in [3.05, 3.63) is 91.4 Å². The molecule has 3 aromatic carbocycles. The molecular formula is C23H13N3O8S2. The Hall–Kier alpha value is -4.49. The molecule has 180 valence electrons. The van der Waals surface area contributed by atoms with Crippen LogP contribution in [0.5, 0.6) is 23.0 Å². The van der Waals surface area contributed by atoms with Gasteiger partial charge in [-0.05, 0) is 42.0 Å². The summed E-state index contributed by atoms with van der Waals surface area (Å²) in [6.07, 6.45) is 1.63. The van der Waals surface area contributed by atoms with Gasteiger partial charge in [-0.1, -0.05) is 36.1 Å². The van der Waals surface area contributed by atoms with E-state index in [2.05, 4.69) is 0 Å². The molecule has 3 aromatic rings. The fraction of sp³-hybridized carbons (Fsp3) is 0.0435. The maximum atomic E-state index is 13.1. The number of rotatable bonds is 6. The second kappa shape index (κ2) is 9.28. The van der Waals surface area contributed by atoms with E-state index < -0.39 is 21.2 Å². The molecule has 0 radical (unpaired) electrons. The van der Waals surface area contributed by atoms with Crippen molar-refractivity contribution in [3.63, 3.8) is 0 Å². The molecule has 0 aromatic heterocycles. The van der Waals surface area contributed by atoms with Crippen molar-refractivity contribution < 1.29 is 28.9 Å². The Balaban J connectivity index is 1.39. The molecule has 13 heteroatoms. The van der Waals surface area contributed by atoms with Crippen LogP contribution >= 0.6 is 24.0 Å². The number of thiocarbonyl (C=S) groups is 1. The number of nitro groups is 2. The molecule has 36 heavy (non-hydrogen) atoms. The number of ether oxygens (including phenoxy) is 3. The molecule has 11 nitrogen and oxygen atoms in total. The Morgan fingerprint density at radius 1 is 1.00 bits per heavy atom. The van der Waals surface area contributed by atoms with E-state index >= 15 is 0 Å². The lowest BCUT2D eigenvalue weighted by atomic mass is 10.2. The Labute approximate surface area is 212 Å². The molecule has 1 amide bonds. The molecule has 0 saturated carbocycles. The van der Waals surface area contributed by atoms with Crippen LogP contribution in [0.4, 0.5) is 17.1 Å². The molecule has 0 spiro atoms. The lowest BCUT2D eigenvalue weighted by molar-refractivity contribution is -0.394. The first kappa shape index (κ1) is 23.3. The summed E-state index contributed by atoms with van der Waals surface area (Å²) in [7, 11) is 0. The summed E-state index contributed by atoms with van der Waals surface area (Å²) in [4.78, 5) is 35.7. The quantitative estimate of drug-likeness (QED) is 0.178. The first-order valence-electron chi connectivity index (χ1n) is 10.2. The highest BCUT2D eigenvalue weighted by molar-refractivity contribution is 8.27. The highest BCUT2D eigenvalue weighted by atomic mass is 32.2. The lowest BCUT2D eigenvalue weighted by Gasteiger charge is -2.14. The average Bonchev–Trinajstić information content (AvgIpc) is 3.42. The van der Waals surface area contributed by atoms with E-state index in [9.17, 15) is 25.0 Å². The second-order valence-electron chi connectivity index (χ2n) is 7.40. The Bertz CT molecular complexity index is 1490. The highest BCUT2D eigenvalue weighted by Gasteiger charge is 2.34. The predicted octanol–water partition coefficient (Wildman–Crippen LogP) is 5.43. The minimum Gasteiger partial charge on any atom is -0.454 e. The van der Waals surface area contributed by atoms with Crippen molar-refractivity contribution in [2.75, 3.05) is 11.7 Å². The fourth-order valence-electron chi connectivity index (χ4n) is 3.51. The zero-order chi connectivity index (χ0) is 25.4. The number of anilines is 1. The highest BCUT2D eigenvalue weighted by Crippen LogP contribution is 2.41. The van der Waals surface area contributed by atoms with Gasteiger partial charge in [-0.2, -0.15) is 0 Å². The van der Waals surface area contributed by atoms with E-state index in [0.29, 0.717) is 32.0 Å². The number of carbonyl (C=O) groups excluding carboxylic acids is 1. The van der Waals surface area contributed by atoms with Crippen LogP contribution in [0.15, 0.2) is 65.6 Å². The van der Waals surface area contributed by atoms with Crippen LogP contribution in [-0.2, 0) is 4.79 Å². The van der Waals surface area contributed by atoms with Crippen LogP contribution in [0.1, 0.15) is 5.56 Å². The van der Waals surface area contributed by atoms with Gasteiger partial charge in [0.2, 0.25) is 12.5 Å². The number of hydrogen-bond acceptors (Lipinski definition) is 10. The minimum absolute atomic E-state index is 0.110. The first-order valence-corrected chi connectivity index (χ1v) is 11.4. The molecule has 1 saturated heterocycles.